The van der Waals surface area contributed by atoms with Gasteiger partial charge in [-0.25, -0.2) is 4.98 Å². The molecule has 1 aromatic heterocycles. The summed E-state index contributed by atoms with van der Waals surface area (Å²) in [6.45, 7) is 4.77. The summed E-state index contributed by atoms with van der Waals surface area (Å²) in [6.07, 6.45) is 1.14. The lowest BCUT2D eigenvalue weighted by molar-refractivity contribution is 0.187. The second kappa shape index (κ2) is 5.31. The van der Waals surface area contributed by atoms with Gasteiger partial charge in [0.1, 0.15) is 5.82 Å². The van der Waals surface area contributed by atoms with Crippen LogP contribution in [-0.4, -0.2) is 35.4 Å². The highest BCUT2D eigenvalue weighted by Crippen LogP contribution is 2.27. The van der Waals surface area contributed by atoms with Gasteiger partial charge in [-0.3, -0.25) is 0 Å². The summed E-state index contributed by atoms with van der Waals surface area (Å²) in [5, 5.41) is 3.57. The molecule has 0 radical (unpaired) electrons. The summed E-state index contributed by atoms with van der Waals surface area (Å²) in [7, 11) is 2.10. The first-order valence-electron chi connectivity index (χ1n) is 7.03. The minimum atomic E-state index is 0.351. The van der Waals surface area contributed by atoms with E-state index < -0.39 is 0 Å². The van der Waals surface area contributed by atoms with Crippen LogP contribution in [-0.2, 0) is 11.8 Å². The number of aromatic nitrogens is 2. The molecule has 2 aromatic rings. The zero-order chi connectivity index (χ0) is 13.2. The van der Waals surface area contributed by atoms with Gasteiger partial charge in [-0.1, -0.05) is 19.1 Å². The number of nitrogens with zero attached hydrogens (tertiary/aromatic N) is 2. The van der Waals surface area contributed by atoms with Gasteiger partial charge in [-0.2, -0.15) is 0 Å². The highest BCUT2D eigenvalue weighted by Gasteiger charge is 2.32. The van der Waals surface area contributed by atoms with Crippen molar-refractivity contribution < 1.29 is 4.74 Å². The molecule has 1 aromatic carbocycles. The van der Waals surface area contributed by atoms with Crippen LogP contribution >= 0.6 is 0 Å². The van der Waals surface area contributed by atoms with Gasteiger partial charge < -0.3 is 14.6 Å². The second-order valence-electron chi connectivity index (χ2n) is 5.22. The van der Waals surface area contributed by atoms with Crippen LogP contribution < -0.4 is 5.32 Å². The number of aryl methyl sites for hydroxylation is 1. The molecule has 102 valence electrons. The van der Waals surface area contributed by atoms with E-state index in [0.29, 0.717) is 12.0 Å². The van der Waals surface area contributed by atoms with E-state index in [1.54, 1.807) is 0 Å². The smallest absolute Gasteiger partial charge is 0.116 e. The summed E-state index contributed by atoms with van der Waals surface area (Å²) < 4.78 is 7.86. The summed E-state index contributed by atoms with van der Waals surface area (Å²) >= 11 is 0. The third-order valence-electron chi connectivity index (χ3n) is 3.89. The average molecular weight is 259 g/mol. The predicted molar refractivity (Wildman–Crippen MR) is 76.4 cm³/mol. The largest absolute Gasteiger partial charge is 0.379 e. The van der Waals surface area contributed by atoms with Crippen LogP contribution in [0, 0.1) is 0 Å². The van der Waals surface area contributed by atoms with E-state index >= 15 is 0 Å². The predicted octanol–water partition coefficient (Wildman–Crippen LogP) is 2.06. The standard InChI is InChI=1S/C15H21N3O/c1-3-8-16-13-10-19-9-11(13)15-17-12-6-4-5-7-14(12)18(15)2/h4-7,11,13,16H,3,8-10H2,1-2H3. The van der Waals surface area contributed by atoms with E-state index in [9.17, 15) is 0 Å². The number of rotatable bonds is 4. The van der Waals surface area contributed by atoms with Gasteiger partial charge in [0.2, 0.25) is 0 Å². The first kappa shape index (κ1) is 12.6. The highest BCUT2D eigenvalue weighted by molar-refractivity contribution is 5.75. The number of hydrogen-bond donors (Lipinski definition) is 1. The van der Waals surface area contributed by atoms with Crippen molar-refractivity contribution in [3.05, 3.63) is 30.1 Å². The van der Waals surface area contributed by atoms with Gasteiger partial charge in [-0.05, 0) is 25.1 Å². The van der Waals surface area contributed by atoms with Crippen molar-refractivity contribution in [2.45, 2.75) is 25.3 Å². The quantitative estimate of drug-likeness (QED) is 0.913. The molecule has 0 amide bonds. The van der Waals surface area contributed by atoms with Crippen LogP contribution in [0.15, 0.2) is 24.3 Å². The van der Waals surface area contributed by atoms with Gasteiger partial charge in [0.15, 0.2) is 0 Å². The average Bonchev–Trinajstić information content (AvgIpc) is 3.01. The topological polar surface area (TPSA) is 39.1 Å². The molecule has 1 N–H and O–H groups in total. The van der Waals surface area contributed by atoms with Crippen molar-refractivity contribution in [3.63, 3.8) is 0 Å². The number of fused-ring (bicyclic) bond motifs is 1. The zero-order valence-electron chi connectivity index (χ0n) is 11.6. The van der Waals surface area contributed by atoms with E-state index in [1.165, 1.54) is 5.52 Å². The Bertz CT molecular complexity index is 564. The van der Waals surface area contributed by atoms with E-state index in [2.05, 4.69) is 42.1 Å². The van der Waals surface area contributed by atoms with Gasteiger partial charge in [0, 0.05) is 13.1 Å². The molecule has 4 heteroatoms. The summed E-state index contributed by atoms with van der Waals surface area (Å²) in [5.74, 6) is 1.48. The molecule has 2 atom stereocenters. The fourth-order valence-corrected chi connectivity index (χ4v) is 2.84. The number of nitrogens with one attached hydrogen (secondary N) is 1. The fraction of sp³-hybridized carbons (Fsp3) is 0.533. The van der Waals surface area contributed by atoms with Crippen molar-refractivity contribution in [1.29, 1.82) is 0 Å². The maximum absolute atomic E-state index is 5.66. The molecule has 19 heavy (non-hydrogen) atoms. The number of hydrogen-bond acceptors (Lipinski definition) is 3. The maximum Gasteiger partial charge on any atom is 0.116 e. The molecule has 1 aliphatic heterocycles. The molecule has 0 saturated carbocycles. The van der Waals surface area contributed by atoms with E-state index in [-0.39, 0.29) is 0 Å². The zero-order valence-corrected chi connectivity index (χ0v) is 11.6. The molecular weight excluding hydrogens is 238 g/mol. The third kappa shape index (κ3) is 2.26. The number of imidazole rings is 1. The number of para-hydroxylation sites is 2. The minimum absolute atomic E-state index is 0.351. The lowest BCUT2D eigenvalue weighted by Crippen LogP contribution is -2.35. The Labute approximate surface area is 113 Å². The Morgan fingerprint density at radius 3 is 3.00 bits per heavy atom. The van der Waals surface area contributed by atoms with Crippen LogP contribution in [0.3, 0.4) is 0 Å². The molecule has 0 bridgehead atoms. The van der Waals surface area contributed by atoms with Crippen LogP contribution in [0.25, 0.3) is 11.0 Å². The Balaban J connectivity index is 1.92. The molecule has 1 fully saturated rings. The van der Waals surface area contributed by atoms with Crippen molar-refractivity contribution in [2.24, 2.45) is 7.05 Å². The molecule has 1 aliphatic rings. The van der Waals surface area contributed by atoms with Crippen molar-refractivity contribution >= 4 is 11.0 Å². The van der Waals surface area contributed by atoms with Crippen molar-refractivity contribution in [2.75, 3.05) is 19.8 Å². The lowest BCUT2D eigenvalue weighted by Gasteiger charge is -2.18. The van der Waals surface area contributed by atoms with Crippen LogP contribution in [0.1, 0.15) is 25.1 Å². The van der Waals surface area contributed by atoms with Crippen LogP contribution in [0.2, 0.25) is 0 Å². The molecule has 2 heterocycles. The maximum atomic E-state index is 5.66. The Hall–Kier alpha value is -1.39. The first-order chi connectivity index (χ1) is 9.31. The fourth-order valence-electron chi connectivity index (χ4n) is 2.84. The lowest BCUT2D eigenvalue weighted by atomic mass is 10.0. The molecule has 4 nitrogen and oxygen atoms in total. The summed E-state index contributed by atoms with van der Waals surface area (Å²) in [4.78, 5) is 4.80. The molecule has 3 rings (SSSR count). The third-order valence-corrected chi connectivity index (χ3v) is 3.89. The van der Waals surface area contributed by atoms with E-state index in [0.717, 1.165) is 37.5 Å². The number of ether oxygens (including phenoxy) is 1. The summed E-state index contributed by atoms with van der Waals surface area (Å²) in [6, 6.07) is 8.68. The Kier molecular flexibility index (Phi) is 3.53. The monoisotopic (exact) mass is 259 g/mol. The molecule has 1 saturated heterocycles. The molecule has 0 spiro atoms. The molecular formula is C15H21N3O. The van der Waals surface area contributed by atoms with Crippen LogP contribution in [0.5, 0.6) is 0 Å². The Morgan fingerprint density at radius 2 is 2.21 bits per heavy atom. The normalized spacial score (nSPS) is 23.3. The molecule has 0 aliphatic carbocycles. The van der Waals surface area contributed by atoms with Gasteiger partial charge in [0.05, 0.1) is 30.2 Å². The molecule has 2 unspecified atom stereocenters. The van der Waals surface area contributed by atoms with Crippen molar-refractivity contribution in [1.82, 2.24) is 14.9 Å². The van der Waals surface area contributed by atoms with Crippen LogP contribution in [0.4, 0.5) is 0 Å². The van der Waals surface area contributed by atoms with E-state index in [4.69, 9.17) is 9.72 Å². The van der Waals surface area contributed by atoms with E-state index in [1.807, 2.05) is 6.07 Å². The first-order valence-corrected chi connectivity index (χ1v) is 7.03. The van der Waals surface area contributed by atoms with Crippen molar-refractivity contribution in [3.8, 4) is 0 Å². The summed E-state index contributed by atoms with van der Waals surface area (Å²) in [5.41, 5.74) is 2.26. The van der Waals surface area contributed by atoms with Gasteiger partial charge in [-0.15, -0.1) is 0 Å². The SMILES string of the molecule is CCCNC1COCC1c1nc2ccccc2n1C. The van der Waals surface area contributed by atoms with Gasteiger partial charge in [0.25, 0.3) is 0 Å². The Morgan fingerprint density at radius 1 is 1.37 bits per heavy atom. The van der Waals surface area contributed by atoms with Gasteiger partial charge >= 0.3 is 0 Å². The highest BCUT2D eigenvalue weighted by atomic mass is 16.5. The second-order valence-corrected chi connectivity index (χ2v) is 5.22. The number of benzene rings is 1. The minimum Gasteiger partial charge on any atom is -0.379 e.